The summed E-state index contributed by atoms with van der Waals surface area (Å²) in [6.07, 6.45) is 1.71. The number of aryl methyl sites for hydroxylation is 2. The Morgan fingerprint density at radius 2 is 2.29 bits per heavy atom. The number of hydrogen-bond acceptors (Lipinski definition) is 3. The molecule has 0 saturated carbocycles. The first-order chi connectivity index (χ1) is 8.11. The van der Waals surface area contributed by atoms with Crippen LogP contribution in [-0.2, 0) is 4.74 Å². The van der Waals surface area contributed by atoms with Crippen LogP contribution in [0.5, 0.6) is 0 Å². The molecule has 0 spiro atoms. The summed E-state index contributed by atoms with van der Waals surface area (Å²) in [6, 6.07) is 0. The molecule has 94 valence electrons. The van der Waals surface area contributed by atoms with Crippen LogP contribution in [-0.4, -0.2) is 47.8 Å². The molecular formula is C12H19N3O2. The van der Waals surface area contributed by atoms with Gasteiger partial charge in [0.05, 0.1) is 17.9 Å². The lowest BCUT2D eigenvalue weighted by atomic mass is 10.1. The molecule has 1 aromatic rings. The van der Waals surface area contributed by atoms with Crippen LogP contribution < -0.4 is 0 Å². The molecule has 5 nitrogen and oxygen atoms in total. The van der Waals surface area contributed by atoms with E-state index < -0.39 is 0 Å². The third-order valence-electron chi connectivity index (χ3n) is 2.54. The minimum absolute atomic E-state index is 0.0364. The summed E-state index contributed by atoms with van der Waals surface area (Å²) >= 11 is 0. The largest absolute Gasteiger partial charge is 0.383 e. The Bertz CT molecular complexity index is 379. The summed E-state index contributed by atoms with van der Waals surface area (Å²) in [5, 5.41) is 6.85. The Hall–Kier alpha value is -1.62. The smallest absolute Gasteiger partial charge is 0.257 e. The highest BCUT2D eigenvalue weighted by atomic mass is 16.5. The zero-order chi connectivity index (χ0) is 12.8. The lowest BCUT2D eigenvalue weighted by Crippen LogP contribution is -2.34. The van der Waals surface area contributed by atoms with Gasteiger partial charge in [-0.05, 0) is 13.8 Å². The van der Waals surface area contributed by atoms with Crippen molar-refractivity contribution in [2.45, 2.75) is 13.8 Å². The fraction of sp³-hybridized carbons (Fsp3) is 0.500. The number of methoxy groups -OCH3 is 1. The van der Waals surface area contributed by atoms with Gasteiger partial charge in [-0.3, -0.25) is 9.89 Å². The van der Waals surface area contributed by atoms with E-state index in [1.54, 1.807) is 18.1 Å². The first-order valence-corrected chi connectivity index (χ1v) is 5.52. The number of nitrogens with zero attached hydrogens (tertiary/aromatic N) is 2. The standard InChI is InChI=1S/C12H19N3O2/c1-5-6-15(7-8-17-4)12(16)11-9(2)13-14-10(11)3/h5H,1,6-8H2,2-4H3,(H,13,14). The van der Waals surface area contributed by atoms with Crippen molar-refractivity contribution in [1.29, 1.82) is 0 Å². The molecule has 5 heteroatoms. The molecule has 1 aromatic heterocycles. The van der Waals surface area contributed by atoms with Gasteiger partial charge in [0.25, 0.3) is 5.91 Å². The first kappa shape index (κ1) is 13.4. The van der Waals surface area contributed by atoms with E-state index in [0.717, 1.165) is 11.4 Å². The van der Waals surface area contributed by atoms with Crippen LogP contribution in [0.25, 0.3) is 0 Å². The second-order valence-corrected chi connectivity index (χ2v) is 3.84. The minimum Gasteiger partial charge on any atom is -0.383 e. The molecule has 0 atom stereocenters. The van der Waals surface area contributed by atoms with Crippen LogP contribution >= 0.6 is 0 Å². The number of aromatic amines is 1. The van der Waals surface area contributed by atoms with E-state index in [0.29, 0.717) is 25.3 Å². The van der Waals surface area contributed by atoms with Crippen LogP contribution in [0.4, 0.5) is 0 Å². The summed E-state index contributed by atoms with van der Waals surface area (Å²) in [6.45, 7) is 8.88. The molecule has 0 saturated heterocycles. The molecular weight excluding hydrogens is 218 g/mol. The maximum absolute atomic E-state index is 12.3. The highest BCUT2D eigenvalue weighted by Gasteiger charge is 2.20. The normalized spacial score (nSPS) is 10.3. The van der Waals surface area contributed by atoms with Gasteiger partial charge in [0.2, 0.25) is 0 Å². The number of ether oxygens (including phenoxy) is 1. The van der Waals surface area contributed by atoms with Gasteiger partial charge in [0.15, 0.2) is 0 Å². The molecule has 1 N–H and O–H groups in total. The number of amides is 1. The van der Waals surface area contributed by atoms with Gasteiger partial charge in [-0.25, -0.2) is 0 Å². The van der Waals surface area contributed by atoms with E-state index in [-0.39, 0.29) is 5.91 Å². The van der Waals surface area contributed by atoms with Crippen molar-refractivity contribution >= 4 is 5.91 Å². The Kier molecular flexibility index (Phi) is 4.90. The molecule has 0 aliphatic rings. The summed E-state index contributed by atoms with van der Waals surface area (Å²) in [5.41, 5.74) is 2.15. The van der Waals surface area contributed by atoms with E-state index in [4.69, 9.17) is 4.74 Å². The zero-order valence-electron chi connectivity index (χ0n) is 10.6. The molecule has 0 bridgehead atoms. The minimum atomic E-state index is -0.0364. The fourth-order valence-corrected chi connectivity index (χ4v) is 1.66. The van der Waals surface area contributed by atoms with E-state index in [1.807, 2.05) is 13.8 Å². The van der Waals surface area contributed by atoms with Crippen LogP contribution in [0.3, 0.4) is 0 Å². The van der Waals surface area contributed by atoms with Crippen LogP contribution in [0, 0.1) is 13.8 Å². The summed E-state index contributed by atoms with van der Waals surface area (Å²) < 4.78 is 5.00. The van der Waals surface area contributed by atoms with E-state index >= 15 is 0 Å². The quantitative estimate of drug-likeness (QED) is 0.759. The van der Waals surface area contributed by atoms with Crippen molar-refractivity contribution in [2.24, 2.45) is 0 Å². The maximum atomic E-state index is 12.3. The first-order valence-electron chi connectivity index (χ1n) is 5.52. The highest BCUT2D eigenvalue weighted by Crippen LogP contribution is 2.12. The molecule has 0 radical (unpaired) electrons. The van der Waals surface area contributed by atoms with Gasteiger partial charge in [-0.1, -0.05) is 6.08 Å². The summed E-state index contributed by atoms with van der Waals surface area (Å²) in [7, 11) is 1.62. The number of hydrogen-bond donors (Lipinski definition) is 1. The molecule has 0 unspecified atom stereocenters. The topological polar surface area (TPSA) is 58.2 Å². The van der Waals surface area contributed by atoms with Gasteiger partial charge in [0, 0.05) is 25.9 Å². The van der Waals surface area contributed by atoms with E-state index in [2.05, 4.69) is 16.8 Å². The van der Waals surface area contributed by atoms with Crippen LogP contribution in [0.2, 0.25) is 0 Å². The van der Waals surface area contributed by atoms with Gasteiger partial charge >= 0.3 is 0 Å². The lowest BCUT2D eigenvalue weighted by Gasteiger charge is -2.20. The maximum Gasteiger partial charge on any atom is 0.257 e. The average molecular weight is 237 g/mol. The monoisotopic (exact) mass is 237 g/mol. The van der Waals surface area contributed by atoms with Crippen molar-refractivity contribution in [2.75, 3.05) is 26.8 Å². The predicted molar refractivity (Wildman–Crippen MR) is 66.0 cm³/mol. The number of H-pyrrole nitrogens is 1. The van der Waals surface area contributed by atoms with Gasteiger partial charge in [-0.2, -0.15) is 5.10 Å². The number of nitrogens with one attached hydrogen (secondary N) is 1. The average Bonchev–Trinajstić information content (AvgIpc) is 2.63. The zero-order valence-corrected chi connectivity index (χ0v) is 10.6. The summed E-state index contributed by atoms with van der Waals surface area (Å²) in [5.74, 6) is -0.0364. The van der Waals surface area contributed by atoms with E-state index in [1.165, 1.54) is 0 Å². The molecule has 0 aliphatic heterocycles. The molecule has 0 fully saturated rings. The summed E-state index contributed by atoms with van der Waals surface area (Å²) in [4.78, 5) is 14.0. The van der Waals surface area contributed by atoms with Crippen molar-refractivity contribution < 1.29 is 9.53 Å². The third-order valence-corrected chi connectivity index (χ3v) is 2.54. The fourth-order valence-electron chi connectivity index (χ4n) is 1.66. The van der Waals surface area contributed by atoms with Gasteiger partial charge in [-0.15, -0.1) is 6.58 Å². The molecule has 0 aliphatic carbocycles. The highest BCUT2D eigenvalue weighted by molar-refractivity contribution is 5.96. The Balaban J connectivity index is 2.87. The Morgan fingerprint density at radius 1 is 1.59 bits per heavy atom. The Labute approximate surface area is 101 Å². The second kappa shape index (κ2) is 6.20. The number of aromatic nitrogens is 2. The van der Waals surface area contributed by atoms with E-state index in [9.17, 15) is 4.79 Å². The number of carbonyl (C=O) groups excluding carboxylic acids is 1. The number of carbonyl (C=O) groups is 1. The van der Waals surface area contributed by atoms with Crippen molar-refractivity contribution in [3.05, 3.63) is 29.6 Å². The molecule has 1 amide bonds. The lowest BCUT2D eigenvalue weighted by molar-refractivity contribution is 0.0717. The van der Waals surface area contributed by atoms with Crippen molar-refractivity contribution in [1.82, 2.24) is 15.1 Å². The second-order valence-electron chi connectivity index (χ2n) is 3.84. The van der Waals surface area contributed by atoms with Gasteiger partial charge in [0.1, 0.15) is 0 Å². The van der Waals surface area contributed by atoms with Crippen LogP contribution in [0.15, 0.2) is 12.7 Å². The number of rotatable bonds is 6. The third kappa shape index (κ3) is 3.17. The van der Waals surface area contributed by atoms with Gasteiger partial charge < -0.3 is 9.64 Å². The Morgan fingerprint density at radius 3 is 2.76 bits per heavy atom. The molecule has 1 heterocycles. The molecule has 17 heavy (non-hydrogen) atoms. The molecule has 0 aromatic carbocycles. The van der Waals surface area contributed by atoms with Crippen molar-refractivity contribution in [3.8, 4) is 0 Å². The molecule has 1 rings (SSSR count). The SMILES string of the molecule is C=CCN(CCOC)C(=O)c1c(C)n[nH]c1C. The van der Waals surface area contributed by atoms with Crippen LogP contribution in [0.1, 0.15) is 21.7 Å². The predicted octanol–water partition coefficient (Wildman–Crippen LogP) is 1.30. The van der Waals surface area contributed by atoms with Crippen molar-refractivity contribution in [3.63, 3.8) is 0 Å².